The van der Waals surface area contributed by atoms with E-state index in [1.807, 2.05) is 6.07 Å². The number of nitrogens with one attached hydrogen (secondary N) is 1. The summed E-state index contributed by atoms with van der Waals surface area (Å²) in [6, 6.07) is 6.36. The van der Waals surface area contributed by atoms with E-state index in [0.29, 0.717) is 0 Å². The molecule has 1 aliphatic heterocycles. The average molecular weight is 237 g/mol. The molecule has 0 aromatic heterocycles. The molecule has 16 heavy (non-hydrogen) atoms. The summed E-state index contributed by atoms with van der Waals surface area (Å²) in [6.07, 6.45) is 3.46. The molecule has 3 N–H and O–H groups in total. The Hall–Kier alpha value is -0.570. The van der Waals surface area contributed by atoms with E-state index in [0.717, 1.165) is 24.5 Å². The summed E-state index contributed by atoms with van der Waals surface area (Å²) in [7, 11) is 0. The lowest BCUT2D eigenvalue weighted by atomic mass is 9.73. The molecule has 3 heteroatoms. The fourth-order valence-corrected chi connectivity index (χ4v) is 3.46. The van der Waals surface area contributed by atoms with Gasteiger partial charge >= 0.3 is 0 Å². The van der Waals surface area contributed by atoms with Gasteiger partial charge in [-0.1, -0.05) is 17.7 Å². The highest BCUT2D eigenvalue weighted by molar-refractivity contribution is 6.30. The molecular weight excluding hydrogens is 220 g/mol. The Morgan fingerprint density at radius 2 is 2.06 bits per heavy atom. The number of benzene rings is 1. The van der Waals surface area contributed by atoms with Gasteiger partial charge in [-0.15, -0.1) is 0 Å². The van der Waals surface area contributed by atoms with E-state index in [1.54, 1.807) is 0 Å². The molecule has 3 rings (SSSR count). The van der Waals surface area contributed by atoms with Crippen LogP contribution in [0.1, 0.15) is 30.0 Å². The lowest BCUT2D eigenvalue weighted by molar-refractivity contribution is 0.174. The van der Waals surface area contributed by atoms with Crippen molar-refractivity contribution in [1.82, 2.24) is 5.32 Å². The molecular formula is C13H17ClN2. The van der Waals surface area contributed by atoms with Crippen LogP contribution in [0.4, 0.5) is 0 Å². The van der Waals surface area contributed by atoms with E-state index in [1.165, 1.54) is 24.0 Å². The molecule has 1 heterocycles. The molecule has 1 spiro atoms. The van der Waals surface area contributed by atoms with Crippen molar-refractivity contribution in [3.63, 3.8) is 0 Å². The van der Waals surface area contributed by atoms with Crippen molar-refractivity contribution in [1.29, 1.82) is 0 Å². The molecule has 0 bridgehead atoms. The van der Waals surface area contributed by atoms with Gasteiger partial charge < -0.3 is 11.1 Å². The van der Waals surface area contributed by atoms with Crippen molar-refractivity contribution in [2.24, 2.45) is 11.1 Å². The zero-order valence-corrected chi connectivity index (χ0v) is 10.1. The maximum atomic E-state index is 6.44. The highest BCUT2D eigenvalue weighted by Crippen LogP contribution is 2.50. The van der Waals surface area contributed by atoms with E-state index in [2.05, 4.69) is 17.4 Å². The molecule has 0 saturated carbocycles. The predicted octanol–water partition coefficient (Wildman–Crippen LogP) is 2.27. The maximum absolute atomic E-state index is 6.44. The molecule has 2 aliphatic rings. The van der Waals surface area contributed by atoms with Crippen molar-refractivity contribution in [2.75, 3.05) is 13.1 Å². The normalized spacial score (nSPS) is 27.0. The minimum Gasteiger partial charge on any atom is -0.323 e. The van der Waals surface area contributed by atoms with Crippen LogP contribution in [0, 0.1) is 5.41 Å². The number of rotatable bonds is 0. The van der Waals surface area contributed by atoms with Gasteiger partial charge in [-0.05, 0) is 61.0 Å². The van der Waals surface area contributed by atoms with Gasteiger partial charge in [-0.3, -0.25) is 0 Å². The highest BCUT2D eigenvalue weighted by atomic mass is 35.5. The van der Waals surface area contributed by atoms with Gasteiger partial charge in [0, 0.05) is 11.1 Å². The van der Waals surface area contributed by atoms with E-state index in [9.17, 15) is 0 Å². The van der Waals surface area contributed by atoms with Crippen LogP contribution in [0.5, 0.6) is 0 Å². The van der Waals surface area contributed by atoms with Crippen LogP contribution >= 0.6 is 11.6 Å². The largest absolute Gasteiger partial charge is 0.323 e. The molecule has 86 valence electrons. The number of fused-ring (bicyclic) bond motifs is 1. The average Bonchev–Trinajstić information content (AvgIpc) is 2.53. The summed E-state index contributed by atoms with van der Waals surface area (Å²) in [6.45, 7) is 2.19. The van der Waals surface area contributed by atoms with Gasteiger partial charge in [0.1, 0.15) is 0 Å². The van der Waals surface area contributed by atoms with E-state index in [-0.39, 0.29) is 11.5 Å². The number of piperidine rings is 1. The summed E-state index contributed by atoms with van der Waals surface area (Å²) in [5.74, 6) is 0. The Bertz CT molecular complexity index is 410. The van der Waals surface area contributed by atoms with Gasteiger partial charge in [0.2, 0.25) is 0 Å². The Morgan fingerprint density at radius 1 is 1.31 bits per heavy atom. The van der Waals surface area contributed by atoms with E-state index in [4.69, 9.17) is 17.3 Å². The second-order valence-electron chi connectivity index (χ2n) is 5.11. The van der Waals surface area contributed by atoms with Gasteiger partial charge in [0.25, 0.3) is 0 Å². The third-order valence-corrected chi connectivity index (χ3v) is 4.48. The number of hydrogen-bond donors (Lipinski definition) is 2. The van der Waals surface area contributed by atoms with Crippen molar-refractivity contribution in [3.8, 4) is 0 Å². The maximum Gasteiger partial charge on any atom is 0.0408 e. The van der Waals surface area contributed by atoms with Gasteiger partial charge in [-0.25, -0.2) is 0 Å². The van der Waals surface area contributed by atoms with E-state index >= 15 is 0 Å². The first-order valence-corrected chi connectivity index (χ1v) is 6.34. The van der Waals surface area contributed by atoms with Crippen LogP contribution in [0.3, 0.4) is 0 Å². The SMILES string of the molecule is N[C@@H]1c2ccc(Cl)cc2CC12CCNCC2. The Kier molecular flexibility index (Phi) is 2.46. The minimum absolute atomic E-state index is 0.196. The molecule has 1 aromatic rings. The fourth-order valence-electron chi connectivity index (χ4n) is 3.26. The molecule has 0 amide bonds. The third-order valence-electron chi connectivity index (χ3n) is 4.24. The van der Waals surface area contributed by atoms with Crippen LogP contribution < -0.4 is 11.1 Å². The molecule has 1 aromatic carbocycles. The zero-order chi connectivity index (χ0) is 11.2. The third kappa shape index (κ3) is 1.48. The summed E-state index contributed by atoms with van der Waals surface area (Å²) in [4.78, 5) is 0. The molecule has 0 unspecified atom stereocenters. The topological polar surface area (TPSA) is 38.0 Å². The second kappa shape index (κ2) is 3.73. The Labute approximate surface area is 101 Å². The smallest absolute Gasteiger partial charge is 0.0408 e. The summed E-state index contributed by atoms with van der Waals surface area (Å²) in [5, 5.41) is 4.24. The number of halogens is 1. The quantitative estimate of drug-likeness (QED) is 0.725. The van der Waals surface area contributed by atoms with Gasteiger partial charge in [-0.2, -0.15) is 0 Å². The van der Waals surface area contributed by atoms with E-state index < -0.39 is 0 Å². The number of hydrogen-bond acceptors (Lipinski definition) is 2. The fraction of sp³-hybridized carbons (Fsp3) is 0.538. The molecule has 1 atom stereocenters. The standard InChI is InChI=1S/C13H17ClN2/c14-10-1-2-11-9(7-10)8-13(12(11)15)3-5-16-6-4-13/h1-2,7,12,16H,3-6,8,15H2/t12-/m1/s1. The van der Waals surface area contributed by atoms with Crippen molar-refractivity contribution in [3.05, 3.63) is 34.3 Å². The predicted molar refractivity (Wildman–Crippen MR) is 66.6 cm³/mol. The van der Waals surface area contributed by atoms with Crippen LogP contribution in [0.25, 0.3) is 0 Å². The highest BCUT2D eigenvalue weighted by Gasteiger charge is 2.44. The minimum atomic E-state index is 0.196. The van der Waals surface area contributed by atoms with Crippen molar-refractivity contribution < 1.29 is 0 Å². The summed E-state index contributed by atoms with van der Waals surface area (Å²) < 4.78 is 0. The Balaban J connectivity index is 1.98. The first-order chi connectivity index (χ1) is 7.71. The molecule has 0 radical (unpaired) electrons. The molecule has 1 fully saturated rings. The van der Waals surface area contributed by atoms with Crippen LogP contribution in [0.15, 0.2) is 18.2 Å². The molecule has 1 aliphatic carbocycles. The monoisotopic (exact) mass is 236 g/mol. The molecule has 1 saturated heterocycles. The molecule has 2 nitrogen and oxygen atoms in total. The number of nitrogens with two attached hydrogens (primary N) is 1. The summed E-state index contributed by atoms with van der Waals surface area (Å²) >= 11 is 6.05. The van der Waals surface area contributed by atoms with Crippen molar-refractivity contribution in [2.45, 2.75) is 25.3 Å². The van der Waals surface area contributed by atoms with Crippen molar-refractivity contribution >= 4 is 11.6 Å². The van der Waals surface area contributed by atoms with Gasteiger partial charge in [0.05, 0.1) is 0 Å². The van der Waals surface area contributed by atoms with Gasteiger partial charge in [0.15, 0.2) is 0 Å². The van der Waals surface area contributed by atoms with Crippen LogP contribution in [-0.2, 0) is 6.42 Å². The summed E-state index contributed by atoms with van der Waals surface area (Å²) in [5.41, 5.74) is 9.40. The zero-order valence-electron chi connectivity index (χ0n) is 9.30. The lowest BCUT2D eigenvalue weighted by Crippen LogP contribution is -2.41. The lowest BCUT2D eigenvalue weighted by Gasteiger charge is -2.37. The second-order valence-corrected chi connectivity index (χ2v) is 5.55. The first kappa shape index (κ1) is 10.6. The first-order valence-electron chi connectivity index (χ1n) is 5.96. The van der Waals surface area contributed by atoms with Crippen LogP contribution in [0.2, 0.25) is 5.02 Å². The Morgan fingerprint density at radius 3 is 2.81 bits per heavy atom. The van der Waals surface area contributed by atoms with Crippen LogP contribution in [-0.4, -0.2) is 13.1 Å².